The van der Waals surface area contributed by atoms with Crippen LogP contribution in [0.15, 0.2) is 36.7 Å². The van der Waals surface area contributed by atoms with Crippen LogP contribution in [0.1, 0.15) is 0 Å². The van der Waals surface area contributed by atoms with Gasteiger partial charge in [-0.25, -0.2) is 4.39 Å². The monoisotopic (exact) mass is 141 g/mol. The molecule has 0 radical (unpaired) electrons. The Labute approximate surface area is 60.9 Å². The topological polar surface area (TPSA) is 12.0 Å². The summed E-state index contributed by atoms with van der Waals surface area (Å²) in [5.74, 6) is 0. The Kier molecular flexibility index (Phi) is 5.68. The van der Waals surface area contributed by atoms with Gasteiger partial charge in [0.25, 0.3) is 0 Å². The minimum absolute atomic E-state index is 0.499. The lowest BCUT2D eigenvalue weighted by Crippen LogP contribution is -2.08. The van der Waals surface area contributed by atoms with Crippen molar-refractivity contribution in [2.75, 3.05) is 13.6 Å². The third-order valence-corrected chi connectivity index (χ3v) is 1.03. The first-order valence-electron chi connectivity index (χ1n) is 3.08. The van der Waals surface area contributed by atoms with Crippen LogP contribution in [0.3, 0.4) is 0 Å². The van der Waals surface area contributed by atoms with Crippen molar-refractivity contribution in [3.63, 3.8) is 0 Å². The first kappa shape index (κ1) is 9.11. The zero-order valence-corrected chi connectivity index (χ0v) is 6.10. The van der Waals surface area contributed by atoms with Crippen LogP contribution >= 0.6 is 0 Å². The molecule has 0 aromatic rings. The smallest absolute Gasteiger partial charge is 0.0867 e. The van der Waals surface area contributed by atoms with Crippen LogP contribution in [0, 0.1) is 0 Å². The summed E-state index contributed by atoms with van der Waals surface area (Å²) in [6.45, 7) is 4.28. The molecule has 0 aromatic carbocycles. The van der Waals surface area contributed by atoms with Crippen molar-refractivity contribution in [2.45, 2.75) is 0 Å². The van der Waals surface area contributed by atoms with Crippen molar-refractivity contribution in [2.24, 2.45) is 0 Å². The molecule has 10 heavy (non-hydrogen) atoms. The summed E-state index contributed by atoms with van der Waals surface area (Å²) in [6.07, 6.45) is 5.20. The summed E-state index contributed by atoms with van der Waals surface area (Å²) in [5.41, 5.74) is 0.969. The van der Waals surface area contributed by atoms with Gasteiger partial charge in [0.15, 0.2) is 0 Å². The van der Waals surface area contributed by atoms with Gasteiger partial charge in [0.05, 0.1) is 6.33 Å². The Morgan fingerprint density at radius 2 is 2.40 bits per heavy atom. The van der Waals surface area contributed by atoms with Crippen molar-refractivity contribution < 1.29 is 4.39 Å². The number of nitrogens with one attached hydrogen (secondary N) is 1. The summed E-state index contributed by atoms with van der Waals surface area (Å²) in [6, 6.07) is 0. The van der Waals surface area contributed by atoms with Gasteiger partial charge in [-0.2, -0.15) is 0 Å². The largest absolute Gasteiger partial charge is 0.316 e. The van der Waals surface area contributed by atoms with Gasteiger partial charge in [-0.1, -0.05) is 18.7 Å². The number of halogens is 1. The normalized spacial score (nSPS) is 12.4. The van der Waals surface area contributed by atoms with Crippen molar-refractivity contribution in [1.29, 1.82) is 0 Å². The molecule has 0 saturated carbocycles. The van der Waals surface area contributed by atoms with Crippen molar-refractivity contribution in [3.8, 4) is 0 Å². The molecule has 1 N–H and O–H groups in total. The van der Waals surface area contributed by atoms with Gasteiger partial charge < -0.3 is 5.32 Å². The van der Waals surface area contributed by atoms with Crippen LogP contribution < -0.4 is 5.32 Å². The van der Waals surface area contributed by atoms with Crippen molar-refractivity contribution in [1.82, 2.24) is 5.32 Å². The van der Waals surface area contributed by atoms with E-state index in [0.29, 0.717) is 12.9 Å². The molecule has 0 unspecified atom stereocenters. The number of likely N-dealkylation sites (N-methyl/N-ethyl adjacent to an activating group) is 1. The molecule has 0 aliphatic heterocycles. The average molecular weight is 141 g/mol. The maximum Gasteiger partial charge on any atom is 0.0867 e. The highest BCUT2D eigenvalue weighted by molar-refractivity contribution is 5.22. The van der Waals surface area contributed by atoms with Crippen molar-refractivity contribution >= 4 is 0 Å². The maximum absolute atomic E-state index is 11.5. The van der Waals surface area contributed by atoms with E-state index < -0.39 is 0 Å². The second-order valence-electron chi connectivity index (χ2n) is 1.79. The number of allylic oxidation sites excluding steroid dienone is 2. The van der Waals surface area contributed by atoms with Crippen LogP contribution in [-0.2, 0) is 0 Å². The molecule has 0 rings (SSSR count). The van der Waals surface area contributed by atoms with Crippen LogP contribution in [0.25, 0.3) is 0 Å². The van der Waals surface area contributed by atoms with E-state index in [0.717, 1.165) is 5.57 Å². The second-order valence-corrected chi connectivity index (χ2v) is 1.79. The fraction of sp³-hybridized carbons (Fsp3) is 0.250. The number of hydrogen-bond donors (Lipinski definition) is 1. The fourth-order valence-electron chi connectivity index (χ4n) is 0.563. The lowest BCUT2D eigenvalue weighted by atomic mass is 10.2. The molecule has 0 bridgehead atoms. The molecule has 0 atom stereocenters. The SMILES string of the molecule is C=C/C(=C\C=C\F)CNC. The highest BCUT2D eigenvalue weighted by Crippen LogP contribution is 1.93. The van der Waals surface area contributed by atoms with E-state index in [1.54, 1.807) is 12.2 Å². The van der Waals surface area contributed by atoms with E-state index in [4.69, 9.17) is 0 Å². The Bertz CT molecular complexity index is 147. The molecule has 0 aliphatic carbocycles. The summed E-state index contributed by atoms with van der Waals surface area (Å²) in [4.78, 5) is 0. The number of rotatable bonds is 4. The molecule has 0 spiro atoms. The summed E-state index contributed by atoms with van der Waals surface area (Å²) >= 11 is 0. The van der Waals surface area contributed by atoms with Gasteiger partial charge in [-0.05, 0) is 18.7 Å². The molecular weight excluding hydrogens is 129 g/mol. The minimum atomic E-state index is 0.499. The van der Waals surface area contributed by atoms with E-state index in [1.165, 1.54) is 6.08 Å². The van der Waals surface area contributed by atoms with Crippen LogP contribution in [-0.4, -0.2) is 13.6 Å². The quantitative estimate of drug-likeness (QED) is 0.589. The molecule has 2 heteroatoms. The summed E-state index contributed by atoms with van der Waals surface area (Å²) in [7, 11) is 1.83. The summed E-state index contributed by atoms with van der Waals surface area (Å²) < 4.78 is 11.5. The number of hydrogen-bond acceptors (Lipinski definition) is 1. The van der Waals surface area contributed by atoms with Crippen LogP contribution in [0.5, 0.6) is 0 Å². The molecule has 0 amide bonds. The predicted octanol–water partition coefficient (Wildman–Crippen LogP) is 1.80. The summed E-state index contributed by atoms with van der Waals surface area (Å²) in [5, 5.41) is 2.93. The average Bonchev–Trinajstić information content (AvgIpc) is 1.98. The molecule has 0 heterocycles. The Morgan fingerprint density at radius 3 is 2.80 bits per heavy atom. The minimum Gasteiger partial charge on any atom is -0.316 e. The Balaban J connectivity index is 3.90. The molecule has 0 aliphatic rings. The van der Waals surface area contributed by atoms with E-state index in [-0.39, 0.29) is 0 Å². The third kappa shape index (κ3) is 4.04. The second kappa shape index (κ2) is 6.23. The maximum atomic E-state index is 11.5. The highest BCUT2D eigenvalue weighted by Gasteiger charge is 1.84. The molecule has 0 saturated heterocycles. The molecule has 0 fully saturated rings. The lowest BCUT2D eigenvalue weighted by Gasteiger charge is -1.96. The van der Waals surface area contributed by atoms with E-state index >= 15 is 0 Å². The van der Waals surface area contributed by atoms with Crippen LogP contribution in [0.2, 0.25) is 0 Å². The Hall–Kier alpha value is -0.890. The highest BCUT2D eigenvalue weighted by atomic mass is 19.1. The van der Waals surface area contributed by atoms with Gasteiger partial charge in [0.2, 0.25) is 0 Å². The van der Waals surface area contributed by atoms with Crippen molar-refractivity contribution in [3.05, 3.63) is 36.7 Å². The van der Waals surface area contributed by atoms with Gasteiger partial charge in [0.1, 0.15) is 0 Å². The van der Waals surface area contributed by atoms with Crippen LogP contribution in [0.4, 0.5) is 4.39 Å². The van der Waals surface area contributed by atoms with Gasteiger partial charge in [-0.15, -0.1) is 0 Å². The lowest BCUT2D eigenvalue weighted by molar-refractivity contribution is 0.721. The molecule has 56 valence electrons. The molecule has 1 nitrogen and oxygen atoms in total. The zero-order chi connectivity index (χ0) is 7.82. The standard InChI is InChI=1S/C8H12FN/c1-3-8(7-10-2)5-4-6-9/h3-6,10H,1,7H2,2H3/b6-4+,8-5+. The third-order valence-electron chi connectivity index (χ3n) is 1.03. The first-order chi connectivity index (χ1) is 4.85. The fourth-order valence-corrected chi connectivity index (χ4v) is 0.563. The molecule has 0 aromatic heterocycles. The zero-order valence-electron chi connectivity index (χ0n) is 6.10. The van der Waals surface area contributed by atoms with Gasteiger partial charge >= 0.3 is 0 Å². The van der Waals surface area contributed by atoms with Gasteiger partial charge in [-0.3, -0.25) is 0 Å². The Morgan fingerprint density at radius 1 is 1.70 bits per heavy atom. The predicted molar refractivity (Wildman–Crippen MR) is 42.5 cm³/mol. The first-order valence-corrected chi connectivity index (χ1v) is 3.08. The molecular formula is C8H12FN. The van der Waals surface area contributed by atoms with E-state index in [2.05, 4.69) is 11.9 Å². The van der Waals surface area contributed by atoms with E-state index in [9.17, 15) is 4.39 Å². The van der Waals surface area contributed by atoms with E-state index in [1.807, 2.05) is 7.05 Å². The van der Waals surface area contributed by atoms with Gasteiger partial charge in [0, 0.05) is 6.54 Å².